The molecule has 1 heterocycles. The Morgan fingerprint density at radius 3 is 2.39 bits per heavy atom. The molecular formula is C20H29N3O5. The molecule has 28 heavy (non-hydrogen) atoms. The summed E-state index contributed by atoms with van der Waals surface area (Å²) < 4.78 is 5.02. The number of carbonyl (C=O) groups excluding carboxylic acids is 2. The molecule has 1 saturated heterocycles. The van der Waals surface area contributed by atoms with Crippen LogP contribution in [0.15, 0.2) is 18.2 Å². The molecule has 0 aromatic heterocycles. The molecule has 2 rings (SSSR count). The Morgan fingerprint density at radius 1 is 1.18 bits per heavy atom. The minimum Gasteiger partial charge on any atom is -0.452 e. The fourth-order valence-corrected chi connectivity index (χ4v) is 3.05. The van der Waals surface area contributed by atoms with Crippen molar-refractivity contribution in [2.75, 3.05) is 24.6 Å². The highest BCUT2D eigenvalue weighted by molar-refractivity contribution is 5.93. The molecule has 8 heteroatoms. The van der Waals surface area contributed by atoms with Gasteiger partial charge in [0.15, 0.2) is 6.61 Å². The van der Waals surface area contributed by atoms with E-state index in [4.69, 9.17) is 4.74 Å². The van der Waals surface area contributed by atoms with Crippen molar-refractivity contribution in [3.05, 3.63) is 33.9 Å². The van der Waals surface area contributed by atoms with Crippen molar-refractivity contribution < 1.29 is 19.2 Å². The van der Waals surface area contributed by atoms with Gasteiger partial charge in [-0.05, 0) is 37.8 Å². The highest BCUT2D eigenvalue weighted by atomic mass is 16.6. The topological polar surface area (TPSA) is 102 Å². The lowest BCUT2D eigenvalue weighted by Crippen LogP contribution is -2.38. The van der Waals surface area contributed by atoms with E-state index in [1.807, 2.05) is 25.7 Å². The van der Waals surface area contributed by atoms with Crippen molar-refractivity contribution >= 4 is 23.3 Å². The first-order valence-corrected chi connectivity index (χ1v) is 9.79. The van der Waals surface area contributed by atoms with Gasteiger partial charge in [-0.15, -0.1) is 0 Å². The maximum atomic E-state index is 12.2. The maximum absolute atomic E-state index is 12.2. The Labute approximate surface area is 165 Å². The van der Waals surface area contributed by atoms with E-state index >= 15 is 0 Å². The van der Waals surface area contributed by atoms with Crippen LogP contribution in [-0.4, -0.2) is 42.5 Å². The van der Waals surface area contributed by atoms with Crippen LogP contribution in [0.4, 0.5) is 11.4 Å². The first kappa shape index (κ1) is 21.7. The minimum absolute atomic E-state index is 0.0415. The number of carbonyl (C=O) groups is 2. The van der Waals surface area contributed by atoms with Crippen molar-refractivity contribution in [1.82, 2.24) is 5.32 Å². The lowest BCUT2D eigenvalue weighted by molar-refractivity contribution is -0.384. The predicted molar refractivity (Wildman–Crippen MR) is 107 cm³/mol. The molecule has 154 valence electrons. The maximum Gasteiger partial charge on any atom is 0.338 e. The molecule has 8 nitrogen and oxygen atoms in total. The van der Waals surface area contributed by atoms with E-state index in [9.17, 15) is 19.7 Å². The number of amides is 1. The van der Waals surface area contributed by atoms with Crippen LogP contribution < -0.4 is 10.2 Å². The molecule has 1 aliphatic rings. The monoisotopic (exact) mass is 391 g/mol. The molecule has 1 atom stereocenters. The van der Waals surface area contributed by atoms with Gasteiger partial charge in [-0.2, -0.15) is 0 Å². The SMILES string of the molecule is CC(C)C(C)NC(=O)COC(=O)c1ccc(N2CCCCCC2)c([N+](=O)[O-])c1. The molecule has 1 amide bonds. The van der Waals surface area contributed by atoms with Gasteiger partial charge in [-0.3, -0.25) is 14.9 Å². The fraction of sp³-hybridized carbons (Fsp3) is 0.600. The molecular weight excluding hydrogens is 362 g/mol. The molecule has 0 aliphatic carbocycles. The van der Waals surface area contributed by atoms with Crippen LogP contribution in [-0.2, 0) is 9.53 Å². The molecule has 1 unspecified atom stereocenters. The van der Waals surface area contributed by atoms with E-state index < -0.39 is 23.4 Å². The summed E-state index contributed by atoms with van der Waals surface area (Å²) in [6, 6.07) is 4.31. The van der Waals surface area contributed by atoms with Crippen molar-refractivity contribution in [2.24, 2.45) is 5.92 Å². The quantitative estimate of drug-likeness (QED) is 0.435. The number of benzene rings is 1. The zero-order valence-electron chi connectivity index (χ0n) is 16.8. The second-order valence-electron chi connectivity index (χ2n) is 7.54. The molecule has 0 saturated carbocycles. The van der Waals surface area contributed by atoms with Gasteiger partial charge >= 0.3 is 5.97 Å². The van der Waals surface area contributed by atoms with Gasteiger partial charge in [0, 0.05) is 25.2 Å². The Bertz CT molecular complexity index is 712. The molecule has 0 radical (unpaired) electrons. The van der Waals surface area contributed by atoms with E-state index in [2.05, 4.69) is 5.32 Å². The molecule has 1 aromatic carbocycles. The average Bonchev–Trinajstić information content (AvgIpc) is 2.94. The lowest BCUT2D eigenvalue weighted by Gasteiger charge is -2.22. The first-order valence-electron chi connectivity index (χ1n) is 9.79. The second kappa shape index (κ2) is 10.1. The molecule has 1 aromatic rings. The number of hydrogen-bond acceptors (Lipinski definition) is 6. The van der Waals surface area contributed by atoms with Gasteiger partial charge < -0.3 is 15.0 Å². The number of nitrogens with one attached hydrogen (secondary N) is 1. The Morgan fingerprint density at radius 2 is 1.82 bits per heavy atom. The number of rotatable bonds is 7. The summed E-state index contributed by atoms with van der Waals surface area (Å²) in [4.78, 5) is 37.2. The van der Waals surface area contributed by atoms with E-state index in [0.717, 1.165) is 38.8 Å². The molecule has 1 fully saturated rings. The summed E-state index contributed by atoms with van der Waals surface area (Å²) in [7, 11) is 0. The standard InChI is InChI=1S/C20H29N3O5/c1-14(2)15(3)21-19(24)13-28-20(25)16-8-9-17(18(12-16)23(26)27)22-10-6-4-5-7-11-22/h8-9,12,14-15H,4-7,10-11,13H2,1-3H3,(H,21,24). The van der Waals surface area contributed by atoms with Crippen LogP contribution in [0, 0.1) is 16.0 Å². The summed E-state index contributed by atoms with van der Waals surface area (Å²) in [6.07, 6.45) is 4.22. The van der Waals surface area contributed by atoms with Crippen molar-refractivity contribution in [3.63, 3.8) is 0 Å². The lowest BCUT2D eigenvalue weighted by atomic mass is 10.1. The zero-order chi connectivity index (χ0) is 20.7. The summed E-state index contributed by atoms with van der Waals surface area (Å²) in [5.74, 6) is -0.892. The zero-order valence-corrected chi connectivity index (χ0v) is 16.8. The van der Waals surface area contributed by atoms with Crippen molar-refractivity contribution in [1.29, 1.82) is 0 Å². The normalized spacial score (nSPS) is 15.6. The highest BCUT2D eigenvalue weighted by Gasteiger charge is 2.23. The van der Waals surface area contributed by atoms with Crippen LogP contribution in [0.3, 0.4) is 0 Å². The third kappa shape index (κ3) is 5.94. The Hall–Kier alpha value is -2.64. The largest absolute Gasteiger partial charge is 0.452 e. The first-order chi connectivity index (χ1) is 13.3. The number of nitro groups is 1. The summed E-state index contributed by atoms with van der Waals surface area (Å²) in [6.45, 7) is 6.93. The summed E-state index contributed by atoms with van der Waals surface area (Å²) in [5.41, 5.74) is 0.469. The highest BCUT2D eigenvalue weighted by Crippen LogP contribution is 2.31. The van der Waals surface area contributed by atoms with E-state index in [1.54, 1.807) is 6.07 Å². The third-order valence-electron chi connectivity index (χ3n) is 5.08. The van der Waals surface area contributed by atoms with Crippen molar-refractivity contribution in [2.45, 2.75) is 52.5 Å². The van der Waals surface area contributed by atoms with Gasteiger partial charge in [0.25, 0.3) is 11.6 Å². The third-order valence-corrected chi connectivity index (χ3v) is 5.08. The van der Waals surface area contributed by atoms with Crippen LogP contribution >= 0.6 is 0 Å². The van der Waals surface area contributed by atoms with E-state index in [0.29, 0.717) is 5.69 Å². The van der Waals surface area contributed by atoms with E-state index in [1.165, 1.54) is 12.1 Å². The second-order valence-corrected chi connectivity index (χ2v) is 7.54. The Kier molecular flexibility index (Phi) is 7.78. The fourth-order valence-electron chi connectivity index (χ4n) is 3.05. The van der Waals surface area contributed by atoms with E-state index in [-0.39, 0.29) is 23.2 Å². The van der Waals surface area contributed by atoms with Gasteiger partial charge in [0.1, 0.15) is 5.69 Å². The summed E-state index contributed by atoms with van der Waals surface area (Å²) >= 11 is 0. The number of anilines is 1. The minimum atomic E-state index is -0.752. The number of esters is 1. The van der Waals surface area contributed by atoms with Gasteiger partial charge in [0.2, 0.25) is 0 Å². The van der Waals surface area contributed by atoms with Crippen LogP contribution in [0.25, 0.3) is 0 Å². The molecule has 0 bridgehead atoms. The summed E-state index contributed by atoms with van der Waals surface area (Å²) in [5, 5.41) is 14.3. The van der Waals surface area contributed by atoms with Gasteiger partial charge in [0.05, 0.1) is 10.5 Å². The van der Waals surface area contributed by atoms with Gasteiger partial charge in [-0.1, -0.05) is 26.7 Å². The number of ether oxygens (including phenoxy) is 1. The molecule has 1 aliphatic heterocycles. The average molecular weight is 391 g/mol. The molecule has 0 spiro atoms. The number of nitrogens with zero attached hydrogens (tertiary/aromatic N) is 2. The number of hydrogen-bond donors (Lipinski definition) is 1. The van der Waals surface area contributed by atoms with Crippen molar-refractivity contribution in [3.8, 4) is 0 Å². The van der Waals surface area contributed by atoms with Crippen LogP contribution in [0.2, 0.25) is 0 Å². The van der Waals surface area contributed by atoms with Crippen LogP contribution in [0.5, 0.6) is 0 Å². The Balaban J connectivity index is 2.07. The van der Waals surface area contributed by atoms with Gasteiger partial charge in [-0.25, -0.2) is 4.79 Å². The number of nitro benzene ring substituents is 1. The smallest absolute Gasteiger partial charge is 0.338 e. The predicted octanol–water partition coefficient (Wildman–Crippen LogP) is 3.29. The molecule has 1 N–H and O–H groups in total. The van der Waals surface area contributed by atoms with Crippen LogP contribution in [0.1, 0.15) is 56.8 Å².